The minimum absolute atomic E-state index is 0.0360. The molecule has 0 spiro atoms. The van der Waals surface area contributed by atoms with E-state index in [0.29, 0.717) is 11.7 Å². The highest BCUT2D eigenvalue weighted by molar-refractivity contribution is 7.99. The Balaban J connectivity index is 1.93. The fraction of sp³-hybridized carbons (Fsp3) is 0.769. The number of nitrogens with one attached hydrogen (secondary N) is 2. The minimum atomic E-state index is 0.0360. The van der Waals surface area contributed by atoms with Crippen LogP contribution >= 0.6 is 11.8 Å². The van der Waals surface area contributed by atoms with Gasteiger partial charge in [0.05, 0.1) is 5.75 Å². The van der Waals surface area contributed by atoms with Crippen LogP contribution in [0.2, 0.25) is 0 Å². The first-order valence-electron chi connectivity index (χ1n) is 7.10. The molecule has 0 saturated carbocycles. The molecule has 0 radical (unpaired) electrons. The Hall–Kier alpha value is -1.08. The molecule has 20 heavy (non-hydrogen) atoms. The van der Waals surface area contributed by atoms with Crippen LogP contribution in [0.25, 0.3) is 0 Å². The third kappa shape index (κ3) is 3.96. The summed E-state index contributed by atoms with van der Waals surface area (Å²) in [5.74, 6) is 1.87. The summed E-state index contributed by atoms with van der Waals surface area (Å²) in [7, 11) is 1.98. The molecule has 7 heteroatoms. The third-order valence-electron chi connectivity index (χ3n) is 3.31. The van der Waals surface area contributed by atoms with Crippen LogP contribution in [0.4, 0.5) is 0 Å². The number of amides is 1. The second-order valence-corrected chi connectivity index (χ2v) is 6.40. The minimum Gasteiger partial charge on any atom is -0.353 e. The van der Waals surface area contributed by atoms with Gasteiger partial charge in [0.2, 0.25) is 5.91 Å². The highest BCUT2D eigenvalue weighted by Gasteiger charge is 2.21. The molecule has 1 fully saturated rings. The van der Waals surface area contributed by atoms with Crippen molar-refractivity contribution in [1.29, 1.82) is 0 Å². The van der Waals surface area contributed by atoms with Gasteiger partial charge >= 0.3 is 0 Å². The van der Waals surface area contributed by atoms with Crippen molar-refractivity contribution in [3.05, 3.63) is 5.82 Å². The van der Waals surface area contributed by atoms with Crippen molar-refractivity contribution in [3.63, 3.8) is 0 Å². The lowest BCUT2D eigenvalue weighted by molar-refractivity contribution is -0.119. The van der Waals surface area contributed by atoms with E-state index in [1.54, 1.807) is 0 Å². The smallest absolute Gasteiger partial charge is 0.230 e. The Morgan fingerprint density at radius 2 is 2.35 bits per heavy atom. The zero-order chi connectivity index (χ0) is 14.5. The molecule has 0 aromatic carbocycles. The van der Waals surface area contributed by atoms with E-state index >= 15 is 0 Å². The standard InChI is InChI=1S/C13H23N5OS/c1-9(2)15-11(19)8-20-13-17-16-12(18(13)3)10-5-4-6-14-7-10/h9-10,14H,4-8H2,1-3H3,(H,15,19)/t10-/m1/s1. The van der Waals surface area contributed by atoms with Gasteiger partial charge in [-0.1, -0.05) is 11.8 Å². The molecule has 1 amide bonds. The topological polar surface area (TPSA) is 71.8 Å². The van der Waals surface area contributed by atoms with Crippen LogP contribution in [0, 0.1) is 0 Å². The van der Waals surface area contributed by atoms with Crippen LogP contribution in [-0.4, -0.2) is 45.6 Å². The monoisotopic (exact) mass is 297 g/mol. The second-order valence-electron chi connectivity index (χ2n) is 5.45. The first-order chi connectivity index (χ1) is 9.58. The molecule has 0 unspecified atom stereocenters. The Morgan fingerprint density at radius 1 is 1.55 bits per heavy atom. The van der Waals surface area contributed by atoms with Crippen LogP contribution in [0.15, 0.2) is 5.16 Å². The molecular formula is C13H23N5OS. The molecule has 1 aliphatic heterocycles. The molecule has 1 aromatic rings. The second kappa shape index (κ2) is 7.08. The highest BCUT2D eigenvalue weighted by atomic mass is 32.2. The number of carbonyl (C=O) groups is 1. The van der Waals surface area contributed by atoms with Gasteiger partial charge in [0, 0.05) is 25.6 Å². The predicted octanol–water partition coefficient (Wildman–Crippen LogP) is 0.899. The normalized spacial score (nSPS) is 19.3. The Bertz CT molecular complexity index is 454. The molecule has 1 aliphatic rings. The quantitative estimate of drug-likeness (QED) is 0.790. The fourth-order valence-corrected chi connectivity index (χ4v) is 3.10. The van der Waals surface area contributed by atoms with Gasteiger partial charge in [0.15, 0.2) is 5.16 Å². The summed E-state index contributed by atoms with van der Waals surface area (Å²) in [4.78, 5) is 11.6. The van der Waals surface area contributed by atoms with Crippen molar-refractivity contribution in [1.82, 2.24) is 25.4 Å². The van der Waals surface area contributed by atoms with Crippen molar-refractivity contribution < 1.29 is 4.79 Å². The molecule has 2 N–H and O–H groups in total. The van der Waals surface area contributed by atoms with Gasteiger partial charge in [-0.3, -0.25) is 4.79 Å². The lowest BCUT2D eigenvalue weighted by atomic mass is 9.99. The third-order valence-corrected chi connectivity index (χ3v) is 4.33. The van der Waals surface area contributed by atoms with Crippen LogP contribution < -0.4 is 10.6 Å². The molecule has 0 aliphatic carbocycles. The van der Waals surface area contributed by atoms with Gasteiger partial charge in [0.25, 0.3) is 0 Å². The molecule has 0 bridgehead atoms. The van der Waals surface area contributed by atoms with Crippen LogP contribution in [0.1, 0.15) is 38.4 Å². The van der Waals surface area contributed by atoms with Crippen molar-refractivity contribution in [2.24, 2.45) is 7.05 Å². The van der Waals surface area contributed by atoms with E-state index < -0.39 is 0 Å². The number of piperidine rings is 1. The van der Waals surface area contributed by atoms with E-state index in [9.17, 15) is 4.79 Å². The van der Waals surface area contributed by atoms with Crippen molar-refractivity contribution in [2.75, 3.05) is 18.8 Å². The molecule has 112 valence electrons. The Kier molecular flexibility index (Phi) is 5.42. The summed E-state index contributed by atoms with van der Waals surface area (Å²) in [5.41, 5.74) is 0. The van der Waals surface area contributed by atoms with E-state index in [1.807, 2.05) is 25.5 Å². The number of nitrogens with zero attached hydrogens (tertiary/aromatic N) is 3. The largest absolute Gasteiger partial charge is 0.353 e. The maximum Gasteiger partial charge on any atom is 0.230 e. The zero-order valence-electron chi connectivity index (χ0n) is 12.3. The van der Waals surface area contributed by atoms with Crippen LogP contribution in [-0.2, 0) is 11.8 Å². The van der Waals surface area contributed by atoms with Gasteiger partial charge in [-0.25, -0.2) is 0 Å². The fourth-order valence-electron chi connectivity index (χ4n) is 2.37. The van der Waals surface area contributed by atoms with E-state index in [1.165, 1.54) is 18.2 Å². The number of hydrogen-bond donors (Lipinski definition) is 2. The number of thioether (sulfide) groups is 1. The van der Waals surface area contributed by atoms with Gasteiger partial charge in [0.1, 0.15) is 5.82 Å². The molecule has 1 saturated heterocycles. The Morgan fingerprint density at radius 3 is 3.00 bits per heavy atom. The number of rotatable bonds is 5. The lowest BCUT2D eigenvalue weighted by Crippen LogP contribution is -2.31. The molecular weight excluding hydrogens is 274 g/mol. The number of carbonyl (C=O) groups excluding carboxylic acids is 1. The van der Waals surface area contributed by atoms with Crippen LogP contribution in [0.5, 0.6) is 0 Å². The summed E-state index contributed by atoms with van der Waals surface area (Å²) in [5, 5.41) is 15.6. The summed E-state index contributed by atoms with van der Waals surface area (Å²) < 4.78 is 2.02. The maximum absolute atomic E-state index is 11.6. The van der Waals surface area contributed by atoms with Gasteiger partial charge in [-0.05, 0) is 33.2 Å². The summed E-state index contributed by atoms with van der Waals surface area (Å²) in [6, 6.07) is 0.173. The van der Waals surface area contributed by atoms with Crippen molar-refractivity contribution in [2.45, 2.75) is 43.8 Å². The van der Waals surface area contributed by atoms with Gasteiger partial charge in [-0.15, -0.1) is 10.2 Å². The molecule has 1 aromatic heterocycles. The lowest BCUT2D eigenvalue weighted by Gasteiger charge is -2.21. The van der Waals surface area contributed by atoms with Gasteiger partial charge in [-0.2, -0.15) is 0 Å². The summed E-state index contributed by atoms with van der Waals surface area (Å²) in [6.45, 7) is 5.97. The predicted molar refractivity (Wildman–Crippen MR) is 79.9 cm³/mol. The van der Waals surface area contributed by atoms with Crippen LogP contribution in [0.3, 0.4) is 0 Å². The highest BCUT2D eigenvalue weighted by Crippen LogP contribution is 2.24. The number of hydrogen-bond acceptors (Lipinski definition) is 5. The first kappa shape index (κ1) is 15.3. The van der Waals surface area contributed by atoms with E-state index in [2.05, 4.69) is 20.8 Å². The number of aromatic nitrogens is 3. The summed E-state index contributed by atoms with van der Waals surface area (Å²) >= 11 is 1.44. The molecule has 1 atom stereocenters. The molecule has 2 heterocycles. The van der Waals surface area contributed by atoms with Gasteiger partial charge < -0.3 is 15.2 Å². The van der Waals surface area contributed by atoms with Crippen molar-refractivity contribution >= 4 is 17.7 Å². The van der Waals surface area contributed by atoms with E-state index in [-0.39, 0.29) is 11.9 Å². The Labute approximate surface area is 124 Å². The first-order valence-corrected chi connectivity index (χ1v) is 8.08. The SMILES string of the molecule is CC(C)NC(=O)CSc1nnc([C@@H]2CCCNC2)n1C. The van der Waals surface area contributed by atoms with E-state index in [0.717, 1.165) is 30.5 Å². The molecule has 2 rings (SSSR count). The summed E-state index contributed by atoms with van der Waals surface area (Å²) in [6.07, 6.45) is 2.33. The maximum atomic E-state index is 11.6. The van der Waals surface area contributed by atoms with E-state index in [4.69, 9.17) is 0 Å². The molecule has 6 nitrogen and oxygen atoms in total. The average Bonchev–Trinajstić information content (AvgIpc) is 2.78. The average molecular weight is 297 g/mol. The van der Waals surface area contributed by atoms with Crippen molar-refractivity contribution in [3.8, 4) is 0 Å². The zero-order valence-corrected chi connectivity index (χ0v) is 13.2.